The summed E-state index contributed by atoms with van der Waals surface area (Å²) in [6.07, 6.45) is 8.19. The molecule has 9 aromatic rings. The zero-order valence-corrected chi connectivity index (χ0v) is 32.2. The molecule has 0 saturated carbocycles. The van der Waals surface area contributed by atoms with Crippen molar-refractivity contribution in [2.45, 2.75) is 26.7 Å². The second-order valence-corrected chi connectivity index (χ2v) is 14.4. The van der Waals surface area contributed by atoms with Gasteiger partial charge in [0.25, 0.3) is 0 Å². The average molecular weight is 751 g/mol. The molecule has 278 valence electrons. The molecule has 0 aliphatic heterocycles. The van der Waals surface area contributed by atoms with E-state index in [1.807, 2.05) is 92.7 Å². The Hall–Kier alpha value is -7.44. The molecule has 0 atom stereocenters. The van der Waals surface area contributed by atoms with Crippen molar-refractivity contribution in [3.05, 3.63) is 192 Å². The largest absolute Gasteiger partial charge is 0.455 e. The van der Waals surface area contributed by atoms with E-state index < -0.39 is 0 Å². The molecule has 0 spiro atoms. The van der Waals surface area contributed by atoms with Crippen LogP contribution in [0.15, 0.2) is 194 Å². The Morgan fingerprint density at radius 2 is 1.28 bits per heavy atom. The molecule has 0 unspecified atom stereocenters. The van der Waals surface area contributed by atoms with Crippen molar-refractivity contribution in [2.75, 3.05) is 0 Å². The molecule has 58 heavy (non-hydrogen) atoms. The van der Waals surface area contributed by atoms with Crippen molar-refractivity contribution in [3.63, 3.8) is 0 Å². The van der Waals surface area contributed by atoms with Gasteiger partial charge in [0.05, 0.1) is 11.4 Å². The van der Waals surface area contributed by atoms with Gasteiger partial charge in [-0.25, -0.2) is 20.0 Å². The highest BCUT2D eigenvalue weighted by Gasteiger charge is 2.22. The summed E-state index contributed by atoms with van der Waals surface area (Å²) in [6.45, 7) is 4.06. The topological polar surface area (TPSA) is 76.8 Å². The van der Waals surface area contributed by atoms with Crippen LogP contribution in [0.4, 0.5) is 0 Å². The molecule has 1 aliphatic carbocycles. The molecular weight excluding hydrogens is 713 g/mol. The smallest absolute Gasteiger partial charge is 0.180 e. The van der Waals surface area contributed by atoms with Crippen molar-refractivity contribution >= 4 is 66.8 Å². The van der Waals surface area contributed by atoms with Gasteiger partial charge in [0, 0.05) is 38.4 Å². The van der Waals surface area contributed by atoms with E-state index in [0.717, 1.165) is 107 Å². The van der Waals surface area contributed by atoms with Crippen molar-refractivity contribution in [3.8, 4) is 22.6 Å². The molecule has 0 bridgehead atoms. The van der Waals surface area contributed by atoms with Gasteiger partial charge in [0.2, 0.25) is 0 Å². The molecule has 3 aromatic heterocycles. The van der Waals surface area contributed by atoms with Crippen molar-refractivity contribution in [1.82, 2.24) is 9.97 Å². The van der Waals surface area contributed by atoms with Gasteiger partial charge in [-0.1, -0.05) is 140 Å². The van der Waals surface area contributed by atoms with E-state index >= 15 is 0 Å². The van der Waals surface area contributed by atoms with Gasteiger partial charge in [-0.2, -0.15) is 0 Å². The van der Waals surface area contributed by atoms with E-state index in [1.165, 1.54) is 0 Å². The fourth-order valence-electron chi connectivity index (χ4n) is 7.96. The number of aromatic nitrogens is 2. The first-order chi connectivity index (χ1) is 28.6. The molecule has 0 amide bonds. The van der Waals surface area contributed by atoms with Gasteiger partial charge in [0.1, 0.15) is 28.0 Å². The molecule has 0 saturated heterocycles. The first kappa shape index (κ1) is 35.0. The van der Waals surface area contributed by atoms with E-state index in [4.69, 9.17) is 28.8 Å². The van der Waals surface area contributed by atoms with Crippen LogP contribution in [0.3, 0.4) is 0 Å². The molecule has 3 heterocycles. The maximum Gasteiger partial charge on any atom is 0.180 e. The average Bonchev–Trinajstić information content (AvgIpc) is 3.87. The van der Waals surface area contributed by atoms with Crippen LogP contribution in [0, 0.1) is 0 Å². The maximum atomic E-state index is 6.44. The number of aliphatic imine (C=N–C) groups is 2. The minimum Gasteiger partial charge on any atom is -0.455 e. The van der Waals surface area contributed by atoms with E-state index in [9.17, 15) is 0 Å². The second kappa shape index (κ2) is 14.9. The first-order valence-corrected chi connectivity index (χ1v) is 19.6. The number of furan rings is 2. The monoisotopic (exact) mass is 750 g/mol. The standard InChI is InChI=1S/C52H38N4O2/c1-3-44(34-18-6-4-7-19-34)54-51(53-33(2)38-28-17-29-41-40-25-12-14-30-45(40)57-49(38)41)37-23-16-22-36(32-37)39-24-10-11-26-42(39)52-55-47(35-20-8-5-9-21-35)50-48(56-52)43-27-13-15-31-46(43)58-50/h3-15,17-21,23-32H,16,22H2,1-2H3/b44-3-,53-33?,54-51?. The fourth-order valence-corrected chi connectivity index (χ4v) is 7.96. The van der Waals surface area contributed by atoms with Crippen LogP contribution in [0.25, 0.3) is 77.9 Å². The lowest BCUT2D eigenvalue weighted by molar-refractivity contribution is 0.667. The summed E-state index contributed by atoms with van der Waals surface area (Å²) in [7, 11) is 0. The second-order valence-electron chi connectivity index (χ2n) is 14.4. The quantitative estimate of drug-likeness (QED) is 0.120. The molecule has 0 radical (unpaired) electrons. The lowest BCUT2D eigenvalue weighted by Crippen LogP contribution is -2.08. The molecule has 6 aromatic carbocycles. The Morgan fingerprint density at radius 3 is 2.07 bits per heavy atom. The molecule has 6 nitrogen and oxygen atoms in total. The number of para-hydroxylation sites is 3. The fraction of sp³-hybridized carbons (Fsp3) is 0.0769. The van der Waals surface area contributed by atoms with Crippen LogP contribution in [-0.4, -0.2) is 21.5 Å². The Labute approximate surface area is 336 Å². The summed E-state index contributed by atoms with van der Waals surface area (Å²) in [5.74, 6) is 1.28. The van der Waals surface area contributed by atoms with Crippen molar-refractivity contribution < 1.29 is 8.83 Å². The van der Waals surface area contributed by atoms with Gasteiger partial charge in [0.15, 0.2) is 17.2 Å². The summed E-state index contributed by atoms with van der Waals surface area (Å²) in [5.41, 5.74) is 13.4. The summed E-state index contributed by atoms with van der Waals surface area (Å²) in [5, 5.41) is 3.11. The van der Waals surface area contributed by atoms with Gasteiger partial charge in [-0.3, -0.25) is 0 Å². The van der Waals surface area contributed by atoms with Gasteiger partial charge < -0.3 is 8.83 Å². The number of amidine groups is 1. The van der Waals surface area contributed by atoms with Gasteiger partial charge in [-0.05, 0) is 73.7 Å². The van der Waals surface area contributed by atoms with E-state index in [2.05, 4.69) is 91.0 Å². The van der Waals surface area contributed by atoms with Crippen molar-refractivity contribution in [2.24, 2.45) is 9.98 Å². The molecule has 10 rings (SSSR count). The molecule has 0 fully saturated rings. The highest BCUT2D eigenvalue weighted by atomic mass is 16.3. The molecule has 0 N–H and O–H groups in total. The zero-order valence-electron chi connectivity index (χ0n) is 32.2. The van der Waals surface area contributed by atoms with Gasteiger partial charge >= 0.3 is 0 Å². The Kier molecular flexibility index (Phi) is 8.99. The number of fused-ring (bicyclic) bond motifs is 6. The first-order valence-electron chi connectivity index (χ1n) is 19.6. The van der Waals surface area contributed by atoms with Crippen LogP contribution in [0.5, 0.6) is 0 Å². The van der Waals surface area contributed by atoms with Crippen LogP contribution < -0.4 is 0 Å². The summed E-state index contributed by atoms with van der Waals surface area (Å²) in [4.78, 5) is 21.1. The molecular formula is C52H38N4O2. The third-order valence-corrected chi connectivity index (χ3v) is 10.8. The highest BCUT2D eigenvalue weighted by molar-refractivity contribution is 6.19. The summed E-state index contributed by atoms with van der Waals surface area (Å²) in [6, 6.07) is 51.3. The summed E-state index contributed by atoms with van der Waals surface area (Å²) < 4.78 is 12.9. The third kappa shape index (κ3) is 6.35. The minimum atomic E-state index is 0.631. The van der Waals surface area contributed by atoms with Gasteiger partial charge in [-0.15, -0.1) is 0 Å². The SMILES string of the molecule is C/C=C(\N=C(N=C(C)c1cccc2c1oc1ccccc12)C1=CCCC(c2ccccc2-c2nc(-c3ccccc3)c3oc4ccccc4c3n2)=C1)c1ccccc1. The molecule has 6 heteroatoms. The summed E-state index contributed by atoms with van der Waals surface area (Å²) >= 11 is 0. The number of benzene rings is 6. The number of hydrogen-bond donors (Lipinski definition) is 0. The Morgan fingerprint density at radius 1 is 0.621 bits per heavy atom. The van der Waals surface area contributed by atoms with E-state index in [-0.39, 0.29) is 0 Å². The van der Waals surface area contributed by atoms with E-state index in [1.54, 1.807) is 0 Å². The third-order valence-electron chi connectivity index (χ3n) is 10.8. The van der Waals surface area contributed by atoms with Crippen LogP contribution >= 0.6 is 0 Å². The zero-order chi connectivity index (χ0) is 39.0. The van der Waals surface area contributed by atoms with Crippen LogP contribution in [0.1, 0.15) is 43.4 Å². The van der Waals surface area contributed by atoms with E-state index in [0.29, 0.717) is 17.2 Å². The lowest BCUT2D eigenvalue weighted by Gasteiger charge is -2.18. The van der Waals surface area contributed by atoms with Crippen molar-refractivity contribution in [1.29, 1.82) is 0 Å². The normalized spacial score (nSPS) is 14.1. The number of allylic oxidation sites excluding steroid dienone is 3. The maximum absolute atomic E-state index is 6.44. The van der Waals surface area contributed by atoms with Crippen LogP contribution in [0.2, 0.25) is 0 Å². The number of rotatable bonds is 7. The Bertz CT molecular complexity index is 3180. The number of hydrogen-bond acceptors (Lipinski definition) is 5. The number of nitrogens with zero attached hydrogens (tertiary/aromatic N) is 4. The lowest BCUT2D eigenvalue weighted by atomic mass is 9.90. The Balaban J connectivity index is 1.11. The predicted octanol–water partition coefficient (Wildman–Crippen LogP) is 13.7. The minimum absolute atomic E-state index is 0.631. The molecule has 1 aliphatic rings. The highest BCUT2D eigenvalue weighted by Crippen LogP contribution is 2.39. The van der Waals surface area contributed by atoms with Crippen LogP contribution in [-0.2, 0) is 0 Å². The predicted molar refractivity (Wildman–Crippen MR) is 239 cm³/mol.